The van der Waals surface area contributed by atoms with Gasteiger partial charge in [0.1, 0.15) is 13.2 Å². The lowest BCUT2D eigenvalue weighted by molar-refractivity contribution is -0.162. The quantitative estimate of drug-likeness (QED) is 0.293. The van der Waals surface area contributed by atoms with Gasteiger partial charge < -0.3 is 19.0 Å². The van der Waals surface area contributed by atoms with Crippen LogP contribution in [-0.4, -0.2) is 56.4 Å². The summed E-state index contributed by atoms with van der Waals surface area (Å²) < 4.78 is 21.3. The summed E-state index contributed by atoms with van der Waals surface area (Å²) >= 11 is 1.63. The van der Waals surface area contributed by atoms with Gasteiger partial charge in [-0.15, -0.1) is 0 Å². The minimum absolute atomic E-state index is 0.0260. The van der Waals surface area contributed by atoms with Crippen LogP contribution in [0.2, 0.25) is 12.6 Å². The van der Waals surface area contributed by atoms with Crippen molar-refractivity contribution < 1.29 is 33.4 Å². The molecule has 0 aliphatic heterocycles. The van der Waals surface area contributed by atoms with Crippen LogP contribution in [0.1, 0.15) is 39.0 Å². The zero-order valence-electron chi connectivity index (χ0n) is 16.1. The molecule has 0 radical (unpaired) electrons. The van der Waals surface area contributed by atoms with Crippen LogP contribution < -0.4 is 0 Å². The Kier molecular flexibility index (Phi) is 11.5. The first-order valence-electron chi connectivity index (χ1n) is 9.46. The Hall–Kier alpha value is -1.22. The largest absolute Gasteiger partial charge is 0.481 e. The molecule has 7 nitrogen and oxygen atoms in total. The van der Waals surface area contributed by atoms with Crippen LogP contribution in [0.25, 0.3) is 0 Å². The molecule has 1 fully saturated rings. The van der Waals surface area contributed by atoms with Gasteiger partial charge in [-0.3, -0.25) is 14.4 Å². The molecule has 27 heavy (non-hydrogen) atoms. The highest BCUT2D eigenvalue weighted by Crippen LogP contribution is 2.31. The molecule has 0 amide bonds. The number of rotatable bonds is 12. The predicted molar refractivity (Wildman–Crippen MR) is 103 cm³/mol. The van der Waals surface area contributed by atoms with Crippen molar-refractivity contribution in [2.75, 3.05) is 24.7 Å². The standard InChI is InChI=1S/C18H30O7SSi/c1-13(12-26-10-5-11-27(2)23)17(21)24-8-9-25-18(22)15-7-4-3-6-14(15)16(19)20/h13-15H,3-12H2,1-2H3,(H,19,20). The van der Waals surface area contributed by atoms with Crippen molar-refractivity contribution in [2.24, 2.45) is 17.8 Å². The van der Waals surface area contributed by atoms with Crippen molar-refractivity contribution in [2.45, 2.75) is 51.6 Å². The molecule has 1 saturated carbocycles. The van der Waals surface area contributed by atoms with Crippen LogP contribution in [0.4, 0.5) is 0 Å². The van der Waals surface area contributed by atoms with Crippen molar-refractivity contribution in [3.63, 3.8) is 0 Å². The summed E-state index contributed by atoms with van der Waals surface area (Å²) in [4.78, 5) is 35.2. The number of carboxylic acids is 1. The number of ether oxygens (including phenoxy) is 2. The second-order valence-corrected chi connectivity index (χ2v) is 10.0. The average Bonchev–Trinajstić information content (AvgIpc) is 2.64. The second kappa shape index (κ2) is 13.0. The van der Waals surface area contributed by atoms with E-state index in [4.69, 9.17) is 9.47 Å². The van der Waals surface area contributed by atoms with E-state index in [1.165, 1.54) is 0 Å². The van der Waals surface area contributed by atoms with Gasteiger partial charge in [-0.1, -0.05) is 19.8 Å². The fraction of sp³-hybridized carbons (Fsp3) is 0.833. The van der Waals surface area contributed by atoms with Crippen molar-refractivity contribution in [1.29, 1.82) is 0 Å². The highest BCUT2D eigenvalue weighted by molar-refractivity contribution is 7.99. The number of hydrogen-bond acceptors (Lipinski definition) is 7. The summed E-state index contributed by atoms with van der Waals surface area (Å²) in [5, 5.41) is 9.20. The topological polar surface area (TPSA) is 107 Å². The number of esters is 2. The summed E-state index contributed by atoms with van der Waals surface area (Å²) in [6.45, 7) is 3.45. The van der Waals surface area contributed by atoms with E-state index in [1.54, 1.807) is 25.2 Å². The molecule has 3 atom stereocenters. The molecule has 0 heterocycles. The van der Waals surface area contributed by atoms with Crippen molar-refractivity contribution in [3.05, 3.63) is 0 Å². The maximum atomic E-state index is 12.1. The van der Waals surface area contributed by atoms with Gasteiger partial charge in [0, 0.05) is 5.75 Å². The number of hydrogen-bond donors (Lipinski definition) is 1. The SMILES string of the molecule is CC(CSCCC[Si](C)=O)C(=O)OCCOC(=O)C1CCCCC1C(=O)O. The van der Waals surface area contributed by atoms with E-state index in [0.717, 1.165) is 31.1 Å². The minimum atomic E-state index is -1.42. The van der Waals surface area contributed by atoms with Gasteiger partial charge in [0.25, 0.3) is 8.68 Å². The molecule has 0 aromatic rings. The monoisotopic (exact) mass is 418 g/mol. The van der Waals surface area contributed by atoms with Crippen LogP contribution in [0, 0.1) is 17.8 Å². The Morgan fingerprint density at radius 2 is 1.78 bits per heavy atom. The Morgan fingerprint density at radius 3 is 2.41 bits per heavy atom. The Balaban J connectivity index is 2.18. The van der Waals surface area contributed by atoms with Gasteiger partial charge in [-0.25, -0.2) is 0 Å². The van der Waals surface area contributed by atoms with Crippen LogP contribution in [0.15, 0.2) is 0 Å². The molecule has 0 saturated heterocycles. The number of carbonyl (C=O) groups is 3. The zero-order chi connectivity index (χ0) is 20.2. The van der Waals surface area contributed by atoms with Gasteiger partial charge in [0.05, 0.1) is 17.8 Å². The molecule has 0 bridgehead atoms. The smallest absolute Gasteiger partial charge is 0.309 e. The molecule has 0 aromatic heterocycles. The molecule has 154 valence electrons. The average molecular weight is 419 g/mol. The first-order valence-corrected chi connectivity index (χ1v) is 12.7. The maximum absolute atomic E-state index is 12.1. The maximum Gasteiger partial charge on any atom is 0.309 e. The number of aliphatic carboxylic acids is 1. The third-order valence-corrected chi connectivity index (χ3v) is 6.92. The third-order valence-electron chi connectivity index (χ3n) is 4.55. The van der Waals surface area contributed by atoms with Crippen LogP contribution in [0.5, 0.6) is 0 Å². The molecule has 1 aliphatic carbocycles. The molecule has 3 unspecified atom stereocenters. The molecular formula is C18H30O7SSi. The summed E-state index contributed by atoms with van der Waals surface area (Å²) in [6.07, 6.45) is 3.54. The first kappa shape index (κ1) is 23.8. The van der Waals surface area contributed by atoms with Crippen LogP contribution in [0.3, 0.4) is 0 Å². The van der Waals surface area contributed by atoms with E-state index >= 15 is 0 Å². The van der Waals surface area contributed by atoms with Crippen molar-refractivity contribution in [1.82, 2.24) is 0 Å². The lowest BCUT2D eigenvalue weighted by Crippen LogP contribution is -2.34. The molecule has 0 aromatic carbocycles. The van der Waals surface area contributed by atoms with E-state index in [9.17, 15) is 24.0 Å². The summed E-state index contributed by atoms with van der Waals surface area (Å²) in [6, 6.07) is 0.742. The Morgan fingerprint density at radius 1 is 1.15 bits per heavy atom. The third kappa shape index (κ3) is 9.50. The van der Waals surface area contributed by atoms with Crippen LogP contribution in [-0.2, 0) is 28.3 Å². The predicted octanol–water partition coefficient (Wildman–Crippen LogP) is 2.78. The van der Waals surface area contributed by atoms with Gasteiger partial charge in [-0.2, -0.15) is 11.8 Å². The molecule has 1 N–H and O–H groups in total. The van der Waals surface area contributed by atoms with Crippen molar-refractivity contribution >= 4 is 38.4 Å². The molecular weight excluding hydrogens is 388 g/mol. The lowest BCUT2D eigenvalue weighted by Gasteiger charge is -2.26. The zero-order valence-corrected chi connectivity index (χ0v) is 17.9. The summed E-state index contributed by atoms with van der Waals surface area (Å²) in [5.41, 5.74) is 0. The molecule has 1 rings (SSSR count). The molecule has 9 heteroatoms. The van der Waals surface area contributed by atoms with Crippen LogP contribution >= 0.6 is 11.8 Å². The van der Waals surface area contributed by atoms with Crippen molar-refractivity contribution in [3.8, 4) is 0 Å². The molecule has 1 aliphatic rings. The minimum Gasteiger partial charge on any atom is -0.481 e. The summed E-state index contributed by atoms with van der Waals surface area (Å²) in [5.74, 6) is -1.88. The van der Waals surface area contributed by atoms with E-state index in [-0.39, 0.29) is 25.1 Å². The van der Waals surface area contributed by atoms with E-state index < -0.39 is 32.5 Å². The fourth-order valence-electron chi connectivity index (χ4n) is 2.99. The number of thioether (sulfide) groups is 1. The second-order valence-electron chi connectivity index (χ2n) is 6.95. The van der Waals surface area contributed by atoms with E-state index in [2.05, 4.69) is 0 Å². The van der Waals surface area contributed by atoms with E-state index in [1.807, 2.05) is 0 Å². The van der Waals surface area contributed by atoms with Gasteiger partial charge in [-0.05, 0) is 37.6 Å². The highest BCUT2D eigenvalue weighted by Gasteiger charge is 2.36. The van der Waals surface area contributed by atoms with Gasteiger partial charge in [0.2, 0.25) is 0 Å². The number of carboxylic acid groups (broad SMARTS) is 1. The highest BCUT2D eigenvalue weighted by atomic mass is 32.2. The summed E-state index contributed by atoms with van der Waals surface area (Å²) in [7, 11) is -1.42. The Labute approximate surface area is 166 Å². The normalized spacial score (nSPS) is 20.5. The van der Waals surface area contributed by atoms with E-state index in [0.29, 0.717) is 18.6 Å². The Bertz CT molecular complexity index is 526. The number of carbonyl (C=O) groups excluding carboxylic acids is 2. The van der Waals surface area contributed by atoms with Gasteiger partial charge in [0.15, 0.2) is 0 Å². The molecule has 0 spiro atoms. The lowest BCUT2D eigenvalue weighted by atomic mass is 9.79. The fourth-order valence-corrected chi connectivity index (χ4v) is 4.93. The first-order chi connectivity index (χ1) is 12.8. The van der Waals surface area contributed by atoms with Gasteiger partial charge >= 0.3 is 17.9 Å².